The Morgan fingerprint density at radius 2 is 1.34 bits per heavy atom. The first-order valence-electron chi connectivity index (χ1n) is 22.0. The number of aromatic nitrogens is 12. The Morgan fingerprint density at radius 3 is 2.00 bits per heavy atom. The van der Waals surface area contributed by atoms with Crippen molar-refractivity contribution in [3.8, 4) is 0 Å². The summed E-state index contributed by atoms with van der Waals surface area (Å²) in [5, 5.41) is 34.9. The standard InChI is InChI=1S/C34H47N15O23P4S/c1-37-24-15-25(39-8-38-24)47(9-40-15)32-22(63-3)21(70-73(55,56)64-5-12-18(50)19(51)30(67-12)48-10-41-16-26(48)42-33(35)44-28(16)53)13(68-32)6-65-74(57,58)71-76(61,62)72-75(59,60)66-7-14-23(77-4)20(52)31(69-14)49-11-46(2)17-27(49)43-34(36)45-29(17)54/h8-14,18-23,30-32,50-52H,5-7H2,1-4H3,(H10-,35,36,37,38,39,42,43,44,45,53,54,55,56,57,58,59,60,61,62)/p+1/t12-,13-,14-,18?,19+,20?,21?,22+,23+,30-,31-,32-/m1/s1. The van der Waals surface area contributed by atoms with Crippen molar-refractivity contribution >= 4 is 94.3 Å². The molecule has 9 rings (SSSR count). The van der Waals surface area contributed by atoms with Crippen molar-refractivity contribution in [2.24, 2.45) is 7.05 Å². The van der Waals surface area contributed by atoms with Crippen molar-refractivity contribution in [3.05, 3.63) is 46.0 Å². The van der Waals surface area contributed by atoms with E-state index in [1.165, 1.54) is 33.4 Å². The van der Waals surface area contributed by atoms with Gasteiger partial charge in [0.1, 0.15) is 60.7 Å². The van der Waals surface area contributed by atoms with E-state index >= 15 is 0 Å². The summed E-state index contributed by atoms with van der Waals surface area (Å²) in [7, 11) is -19.1. The fraction of sp³-hybridized carbons (Fsp3) is 0.559. The summed E-state index contributed by atoms with van der Waals surface area (Å²) in [6, 6.07) is 0. The van der Waals surface area contributed by atoms with Crippen LogP contribution in [0.1, 0.15) is 18.7 Å². The normalized spacial score (nSPS) is 30.0. The van der Waals surface area contributed by atoms with E-state index in [9.17, 15) is 62.7 Å². The molecule has 3 saturated heterocycles. The van der Waals surface area contributed by atoms with Crippen molar-refractivity contribution in [2.45, 2.75) is 72.8 Å². The number of aromatic amines is 2. The van der Waals surface area contributed by atoms with Crippen molar-refractivity contribution in [1.82, 2.24) is 53.6 Å². The van der Waals surface area contributed by atoms with Crippen molar-refractivity contribution in [2.75, 3.05) is 57.0 Å². The second kappa shape index (κ2) is 21.7. The van der Waals surface area contributed by atoms with Crippen LogP contribution in [0.2, 0.25) is 0 Å². The zero-order chi connectivity index (χ0) is 55.7. The molecule has 0 aromatic carbocycles. The minimum atomic E-state index is -6.15. The SMILES string of the molecule is CNc1ncnc2c1ncn2[C@@H]1O[C@H](COP(=O)(O)OP(=O)(O)OP(=O)(O)OC[C@H]2O[C@@H]([n+]3cn(C)c4c(=O)[nH]c(N)nc43)C(O)[C@H]2SC)C(OP(=O)(O)OC[C@H]2O[C@@H](n3cnc4c(=O)[nH]c(N)nc43)[C@@H](O)C2O)[C@@H]1OC. The zero-order valence-corrected chi connectivity index (χ0v) is 44.2. The van der Waals surface area contributed by atoms with E-state index in [1.54, 1.807) is 13.3 Å². The summed E-state index contributed by atoms with van der Waals surface area (Å²) < 4.78 is 111. The minimum Gasteiger partial charge on any atom is -0.387 e. The van der Waals surface area contributed by atoms with E-state index in [0.29, 0.717) is 0 Å². The second-order valence-corrected chi connectivity index (χ2v) is 23.9. The fourth-order valence-corrected chi connectivity index (χ4v) is 14.1. The van der Waals surface area contributed by atoms with Gasteiger partial charge in [-0.15, -0.1) is 0 Å². The summed E-state index contributed by atoms with van der Waals surface area (Å²) in [6.45, 7) is -3.10. The average molecular weight is 1190 g/mol. The molecule has 16 atom stereocenters. The first-order chi connectivity index (χ1) is 36.2. The number of anilines is 3. The lowest BCUT2D eigenvalue weighted by Gasteiger charge is -2.26. The maximum Gasteiger partial charge on any atom is 0.490 e. The molecule has 9 heterocycles. The number of nitrogen functional groups attached to an aromatic ring is 2. The lowest BCUT2D eigenvalue weighted by atomic mass is 10.1. The molecule has 6 aromatic heterocycles. The lowest BCUT2D eigenvalue weighted by Crippen LogP contribution is -2.45. The van der Waals surface area contributed by atoms with Crippen molar-refractivity contribution < 1.29 is 103 Å². The number of imidazole rings is 3. The van der Waals surface area contributed by atoms with Gasteiger partial charge in [0.05, 0.1) is 44.8 Å². The Labute approximate surface area is 433 Å². The molecule has 0 saturated carbocycles. The summed E-state index contributed by atoms with van der Waals surface area (Å²) in [5.41, 5.74) is 10.1. The average Bonchev–Trinajstić information content (AvgIpc) is 4.21. The highest BCUT2D eigenvalue weighted by atomic mass is 32.2. The maximum atomic E-state index is 13.7. The third kappa shape index (κ3) is 11.5. The molecular weight excluding hydrogens is 1140 g/mol. The highest BCUT2D eigenvalue weighted by Gasteiger charge is 2.54. The largest absolute Gasteiger partial charge is 0.490 e. The highest BCUT2D eigenvalue weighted by Crippen LogP contribution is 2.68. The number of methoxy groups -OCH3 is 1. The molecule has 43 heteroatoms. The Bertz CT molecular complexity index is 3510. The highest BCUT2D eigenvalue weighted by molar-refractivity contribution is 7.99. The first kappa shape index (κ1) is 56.9. The molecule has 7 unspecified atom stereocenters. The number of nitrogens with two attached hydrogens (primary N) is 2. The molecule has 0 amide bonds. The van der Waals surface area contributed by atoms with E-state index in [1.807, 2.05) is 0 Å². The number of hydrogen-bond donors (Lipinski definition) is 12. The van der Waals surface area contributed by atoms with Gasteiger partial charge in [0.2, 0.25) is 17.7 Å². The third-order valence-electron chi connectivity index (χ3n) is 12.0. The molecule has 0 bridgehead atoms. The van der Waals surface area contributed by atoms with Crippen LogP contribution in [0.4, 0.5) is 17.7 Å². The van der Waals surface area contributed by atoms with Crippen LogP contribution >= 0.6 is 43.1 Å². The van der Waals surface area contributed by atoms with Gasteiger partial charge in [-0.3, -0.25) is 51.4 Å². The van der Waals surface area contributed by atoms with Gasteiger partial charge in [0, 0.05) is 14.2 Å². The van der Waals surface area contributed by atoms with E-state index in [2.05, 4.69) is 53.8 Å². The van der Waals surface area contributed by atoms with E-state index < -0.39 is 135 Å². The number of phosphoric acid groups is 4. The zero-order valence-electron chi connectivity index (χ0n) is 39.8. The van der Waals surface area contributed by atoms with Crippen LogP contribution < -0.4 is 32.5 Å². The van der Waals surface area contributed by atoms with Crippen LogP contribution in [0.3, 0.4) is 0 Å². The predicted octanol–water partition coefficient (Wildman–Crippen LogP) is -2.88. The first-order valence-corrected chi connectivity index (χ1v) is 29.3. The van der Waals surface area contributed by atoms with Crippen LogP contribution in [0.15, 0.2) is 34.9 Å². The summed E-state index contributed by atoms with van der Waals surface area (Å²) in [5.74, 6) is -0.295. The van der Waals surface area contributed by atoms with Crippen LogP contribution in [0.5, 0.6) is 0 Å². The molecule has 3 aliphatic rings. The Hall–Kier alpha value is -4.76. The molecule has 6 aromatic rings. The van der Waals surface area contributed by atoms with Crippen molar-refractivity contribution in [3.63, 3.8) is 0 Å². The van der Waals surface area contributed by atoms with Gasteiger partial charge in [-0.1, -0.05) is 4.98 Å². The molecule has 77 heavy (non-hydrogen) atoms. The third-order valence-corrected chi connectivity index (χ3v) is 18.4. The Kier molecular flexibility index (Phi) is 16.1. The van der Waals surface area contributed by atoms with Gasteiger partial charge in [0.15, 0.2) is 41.4 Å². The van der Waals surface area contributed by atoms with E-state index in [-0.39, 0.29) is 51.2 Å². The van der Waals surface area contributed by atoms with Crippen molar-refractivity contribution in [1.29, 1.82) is 0 Å². The fourth-order valence-electron chi connectivity index (χ4n) is 8.73. The van der Waals surface area contributed by atoms with Crippen LogP contribution in [0.25, 0.3) is 33.5 Å². The smallest absolute Gasteiger partial charge is 0.387 e. The van der Waals surface area contributed by atoms with E-state index in [4.69, 9.17) is 48.5 Å². The molecule has 0 spiro atoms. The number of fused-ring (bicyclic) bond motifs is 3. The molecule has 14 N–H and O–H groups in total. The van der Waals surface area contributed by atoms with Gasteiger partial charge >= 0.3 is 36.9 Å². The summed E-state index contributed by atoms with van der Waals surface area (Å²) >= 11 is 1.04. The van der Waals surface area contributed by atoms with Crippen LogP contribution in [-0.2, 0) is 71.0 Å². The van der Waals surface area contributed by atoms with Gasteiger partial charge in [-0.25, -0.2) is 42.8 Å². The molecular formula is C34H48N15O23P4S+. The number of nitrogens with one attached hydrogen (secondary N) is 3. The minimum absolute atomic E-state index is 0.00912. The molecule has 422 valence electrons. The number of aliphatic hydroxyl groups excluding tert-OH is 3. The quantitative estimate of drug-likeness (QED) is 0.0254. The van der Waals surface area contributed by atoms with Gasteiger partial charge in [-0.2, -0.15) is 25.4 Å². The van der Waals surface area contributed by atoms with Gasteiger partial charge in [0.25, 0.3) is 17.1 Å². The van der Waals surface area contributed by atoms with Gasteiger partial charge < -0.3 is 70.6 Å². The number of hydrogen-bond acceptors (Lipinski definition) is 29. The number of rotatable bonds is 21. The summed E-state index contributed by atoms with van der Waals surface area (Å²) in [4.78, 5) is 96.9. The Morgan fingerprint density at radius 1 is 0.740 bits per heavy atom. The molecule has 3 fully saturated rings. The number of aryl methyl sites for hydroxylation is 1. The van der Waals surface area contributed by atoms with Crippen LogP contribution in [0, 0.1) is 0 Å². The number of ether oxygens (including phenoxy) is 4. The number of aliphatic hydroxyl groups is 3. The molecule has 3 aliphatic heterocycles. The Balaban J connectivity index is 0.872. The predicted molar refractivity (Wildman–Crippen MR) is 255 cm³/mol. The number of nitrogens with zero attached hydrogens (tertiary/aromatic N) is 10. The number of phosphoric ester groups is 3. The monoisotopic (exact) mass is 1190 g/mol. The number of H-pyrrole nitrogens is 2. The topological polar surface area (TPSA) is 528 Å². The maximum absolute atomic E-state index is 13.7. The van der Waals surface area contributed by atoms with E-state index in [0.717, 1.165) is 36.1 Å². The molecule has 38 nitrogen and oxygen atoms in total. The second-order valence-electron chi connectivity index (χ2n) is 16.9. The van der Waals surface area contributed by atoms with Gasteiger partial charge in [-0.05, 0) is 6.26 Å². The number of thioether (sulfide) groups is 1. The molecule has 0 aliphatic carbocycles. The van der Waals surface area contributed by atoms with Crippen LogP contribution in [-0.4, -0.2) is 183 Å². The summed E-state index contributed by atoms with van der Waals surface area (Å²) in [6.07, 6.45) is -10.8. The molecule has 0 radical (unpaired) electrons. The lowest BCUT2D eigenvalue weighted by molar-refractivity contribution is -0.745.